The molecule has 0 unspecified atom stereocenters. The van der Waals surface area contributed by atoms with Crippen LogP contribution in [-0.2, 0) is 17.5 Å². The van der Waals surface area contributed by atoms with Gasteiger partial charge in [-0.05, 0) is 17.7 Å². The zero-order valence-electron chi connectivity index (χ0n) is 9.65. The summed E-state index contributed by atoms with van der Waals surface area (Å²) < 4.78 is 85.5. The van der Waals surface area contributed by atoms with Crippen LogP contribution in [0.5, 0.6) is 0 Å². The number of hydrogen-bond donors (Lipinski definition) is 1. The molecule has 1 rings (SSSR count). The van der Waals surface area contributed by atoms with E-state index in [1.54, 1.807) is 0 Å². The highest BCUT2D eigenvalue weighted by atomic mass is 19.4. The molecule has 0 spiro atoms. The first-order chi connectivity index (χ1) is 9.05. The number of benzene rings is 1. The van der Waals surface area contributed by atoms with E-state index in [-0.39, 0.29) is 5.56 Å². The highest BCUT2D eigenvalue weighted by molar-refractivity contribution is 5.83. The topological polar surface area (TPSA) is 29.1 Å². The maximum absolute atomic E-state index is 12.6. The van der Waals surface area contributed by atoms with Crippen molar-refractivity contribution in [1.82, 2.24) is 5.32 Å². The first-order valence-electron chi connectivity index (χ1n) is 5.15. The summed E-state index contributed by atoms with van der Waals surface area (Å²) in [6.45, 7) is -0.584. The second kappa shape index (κ2) is 5.68. The second-order valence-electron chi connectivity index (χ2n) is 3.80. The van der Waals surface area contributed by atoms with Crippen molar-refractivity contribution >= 4 is 5.91 Å². The molecule has 0 radical (unpaired) electrons. The number of halogens is 7. The van der Waals surface area contributed by atoms with Gasteiger partial charge in [0, 0.05) is 6.54 Å². The first kappa shape index (κ1) is 16.3. The molecule has 0 bridgehead atoms. The Morgan fingerprint density at radius 3 is 1.95 bits per heavy atom. The predicted molar refractivity (Wildman–Crippen MR) is 54.2 cm³/mol. The summed E-state index contributed by atoms with van der Waals surface area (Å²) >= 11 is 0. The number of hydrogen-bond acceptors (Lipinski definition) is 1. The normalized spacial score (nSPS) is 12.6. The molecule has 0 aliphatic heterocycles. The average molecular weight is 303 g/mol. The second-order valence-corrected chi connectivity index (χ2v) is 3.80. The molecular weight excluding hydrogens is 295 g/mol. The van der Waals surface area contributed by atoms with E-state index in [4.69, 9.17) is 0 Å². The summed E-state index contributed by atoms with van der Waals surface area (Å²) in [6.07, 6.45) is -8.71. The summed E-state index contributed by atoms with van der Waals surface area (Å²) in [6, 6.07) is 3.27. The van der Waals surface area contributed by atoms with E-state index in [1.165, 1.54) is 5.32 Å². The number of carbonyl (C=O) groups excluding carboxylic acids is 1. The molecule has 0 aliphatic rings. The van der Waals surface area contributed by atoms with Gasteiger partial charge >= 0.3 is 18.5 Å². The minimum atomic E-state index is -4.84. The van der Waals surface area contributed by atoms with E-state index in [1.807, 2.05) is 0 Å². The summed E-state index contributed by atoms with van der Waals surface area (Å²) in [5.74, 6) is -7.03. The van der Waals surface area contributed by atoms with Gasteiger partial charge in [0.15, 0.2) is 0 Å². The maximum atomic E-state index is 12.6. The van der Waals surface area contributed by atoms with Gasteiger partial charge in [-0.2, -0.15) is 22.0 Å². The number of nitrogens with one attached hydrogen (secondary N) is 1. The molecule has 1 aromatic carbocycles. The van der Waals surface area contributed by atoms with Crippen LogP contribution in [0.25, 0.3) is 0 Å². The zero-order valence-corrected chi connectivity index (χ0v) is 9.65. The minimum absolute atomic E-state index is 0.0661. The number of rotatable bonds is 4. The van der Waals surface area contributed by atoms with Gasteiger partial charge in [-0.3, -0.25) is 4.79 Å². The molecule has 1 N–H and O–H groups in total. The lowest BCUT2D eigenvalue weighted by Gasteiger charge is -2.15. The Morgan fingerprint density at radius 2 is 1.55 bits per heavy atom. The molecule has 0 aliphatic carbocycles. The third-order valence-corrected chi connectivity index (χ3v) is 2.31. The fourth-order valence-corrected chi connectivity index (χ4v) is 1.21. The van der Waals surface area contributed by atoms with Crippen LogP contribution in [0.4, 0.5) is 30.7 Å². The lowest BCUT2D eigenvalue weighted by molar-refractivity contribution is -0.169. The monoisotopic (exact) mass is 303 g/mol. The number of alkyl halides is 7. The van der Waals surface area contributed by atoms with E-state index < -0.39 is 36.5 Å². The molecule has 1 aromatic rings. The van der Waals surface area contributed by atoms with Gasteiger partial charge in [0.1, 0.15) is 0 Å². The van der Waals surface area contributed by atoms with Crippen molar-refractivity contribution in [3.8, 4) is 0 Å². The molecule has 0 heterocycles. The quantitative estimate of drug-likeness (QED) is 0.850. The van der Waals surface area contributed by atoms with E-state index >= 15 is 0 Å². The maximum Gasteiger partial charge on any atom is 0.416 e. The van der Waals surface area contributed by atoms with Crippen LogP contribution in [0.3, 0.4) is 0 Å². The molecule has 2 nitrogen and oxygen atoms in total. The Balaban J connectivity index is 2.65. The van der Waals surface area contributed by atoms with E-state index in [2.05, 4.69) is 0 Å². The fourth-order valence-electron chi connectivity index (χ4n) is 1.21. The van der Waals surface area contributed by atoms with Gasteiger partial charge in [-0.15, -0.1) is 0 Å². The Hall–Kier alpha value is -1.80. The van der Waals surface area contributed by atoms with Crippen molar-refractivity contribution in [2.75, 3.05) is 0 Å². The van der Waals surface area contributed by atoms with Crippen LogP contribution in [0, 0.1) is 0 Å². The third-order valence-electron chi connectivity index (χ3n) is 2.31. The van der Waals surface area contributed by atoms with Gasteiger partial charge in [-0.25, -0.2) is 8.78 Å². The van der Waals surface area contributed by atoms with Crippen molar-refractivity contribution in [2.45, 2.75) is 25.1 Å². The van der Waals surface area contributed by atoms with Crippen LogP contribution in [0.1, 0.15) is 11.1 Å². The highest BCUT2D eigenvalue weighted by Crippen LogP contribution is 2.29. The lowest BCUT2D eigenvalue weighted by atomic mass is 10.1. The Morgan fingerprint density at radius 1 is 1.05 bits per heavy atom. The molecule has 0 aromatic heterocycles. The minimum Gasteiger partial charge on any atom is -0.347 e. The van der Waals surface area contributed by atoms with Gasteiger partial charge in [0.2, 0.25) is 0 Å². The molecule has 0 saturated heterocycles. The third kappa shape index (κ3) is 3.84. The van der Waals surface area contributed by atoms with Crippen molar-refractivity contribution in [3.05, 3.63) is 35.4 Å². The summed E-state index contributed by atoms with van der Waals surface area (Å²) in [7, 11) is 0. The summed E-state index contributed by atoms with van der Waals surface area (Å²) in [4.78, 5) is 10.8. The molecule has 1 amide bonds. The van der Waals surface area contributed by atoms with E-state index in [0.29, 0.717) is 12.1 Å². The lowest BCUT2D eigenvalue weighted by Crippen LogP contribution is -2.44. The van der Waals surface area contributed by atoms with Crippen LogP contribution in [-0.4, -0.2) is 18.3 Å². The zero-order chi connectivity index (χ0) is 15.6. The molecule has 20 heavy (non-hydrogen) atoms. The van der Waals surface area contributed by atoms with Crippen LogP contribution in [0.15, 0.2) is 24.3 Å². The van der Waals surface area contributed by atoms with Crippen molar-refractivity contribution in [3.63, 3.8) is 0 Å². The standard InChI is InChI=1S/C11H8F7NO/c12-8(13)10(14,15)9(20)19-5-6-1-3-7(4-2-6)11(16,17)18/h1-4,8H,5H2,(H,19,20). The highest BCUT2D eigenvalue weighted by Gasteiger charge is 2.48. The van der Waals surface area contributed by atoms with Gasteiger partial charge < -0.3 is 5.32 Å². The Kier molecular flexibility index (Phi) is 4.61. The van der Waals surface area contributed by atoms with E-state index in [0.717, 1.165) is 12.1 Å². The van der Waals surface area contributed by atoms with Gasteiger partial charge in [-0.1, -0.05) is 12.1 Å². The van der Waals surface area contributed by atoms with Crippen LogP contribution < -0.4 is 5.32 Å². The predicted octanol–water partition coefficient (Wildman–Crippen LogP) is 3.22. The van der Waals surface area contributed by atoms with Crippen LogP contribution >= 0.6 is 0 Å². The van der Waals surface area contributed by atoms with Crippen molar-refractivity contribution < 1.29 is 35.5 Å². The van der Waals surface area contributed by atoms with E-state index in [9.17, 15) is 35.5 Å². The Labute approximate surface area is 108 Å². The smallest absolute Gasteiger partial charge is 0.347 e. The molecule has 0 saturated carbocycles. The summed E-state index contributed by atoms with van der Waals surface area (Å²) in [5, 5.41) is 1.53. The molecule has 0 atom stereocenters. The molecular formula is C11H8F7NO. The Bertz CT molecular complexity index is 467. The molecule has 9 heteroatoms. The van der Waals surface area contributed by atoms with Gasteiger partial charge in [0.25, 0.3) is 5.91 Å². The number of amides is 1. The summed E-state index contributed by atoms with van der Waals surface area (Å²) in [5.41, 5.74) is -0.887. The first-order valence-corrected chi connectivity index (χ1v) is 5.15. The molecule has 112 valence electrons. The molecule has 0 fully saturated rings. The SMILES string of the molecule is O=C(NCc1ccc(C(F)(F)F)cc1)C(F)(F)C(F)F. The average Bonchev–Trinajstić information content (AvgIpc) is 2.35. The van der Waals surface area contributed by atoms with Gasteiger partial charge in [0.05, 0.1) is 5.56 Å². The number of carbonyl (C=O) groups is 1. The van der Waals surface area contributed by atoms with Crippen molar-refractivity contribution in [1.29, 1.82) is 0 Å². The largest absolute Gasteiger partial charge is 0.416 e. The fraction of sp³-hybridized carbons (Fsp3) is 0.364. The van der Waals surface area contributed by atoms with Crippen molar-refractivity contribution in [2.24, 2.45) is 0 Å². The van der Waals surface area contributed by atoms with Crippen LogP contribution in [0.2, 0.25) is 0 Å².